The largest absolute Gasteiger partial charge is 0.302 e. The smallest absolute Gasteiger partial charge is 0.141 e. The Morgan fingerprint density at radius 3 is 2.63 bits per heavy atom. The number of hydrogen-bond donors (Lipinski definition) is 1. The molecule has 0 aliphatic rings. The standard InChI is InChI=1S/C15H16ClFN2/c1-15(11-16,13-5-3-2-4-6-13)19-9-12-7-14(17)10-18-8-12/h2-8,10,19H,9,11H2,1H3. The molecule has 1 atom stereocenters. The molecule has 1 N–H and O–H groups in total. The van der Waals surface area contributed by atoms with E-state index in [9.17, 15) is 4.39 Å². The van der Waals surface area contributed by atoms with Gasteiger partial charge in [-0.15, -0.1) is 11.6 Å². The molecule has 1 unspecified atom stereocenters. The van der Waals surface area contributed by atoms with Crippen LogP contribution in [0.2, 0.25) is 0 Å². The zero-order valence-electron chi connectivity index (χ0n) is 10.7. The van der Waals surface area contributed by atoms with Crippen molar-refractivity contribution in [3.8, 4) is 0 Å². The molecular weight excluding hydrogens is 263 g/mol. The molecule has 1 heterocycles. The second-order valence-corrected chi connectivity index (χ2v) is 4.96. The van der Waals surface area contributed by atoms with Gasteiger partial charge in [0.1, 0.15) is 5.82 Å². The normalized spacial score (nSPS) is 14.1. The van der Waals surface area contributed by atoms with Crippen molar-refractivity contribution in [3.05, 3.63) is 65.7 Å². The van der Waals surface area contributed by atoms with Gasteiger partial charge in [0, 0.05) is 18.6 Å². The Kier molecular flexibility index (Phi) is 4.51. The first-order chi connectivity index (χ1) is 9.14. The minimum Gasteiger partial charge on any atom is -0.302 e. The number of nitrogens with one attached hydrogen (secondary N) is 1. The van der Waals surface area contributed by atoms with Crippen molar-refractivity contribution in [1.82, 2.24) is 10.3 Å². The molecule has 0 fully saturated rings. The van der Waals surface area contributed by atoms with Gasteiger partial charge >= 0.3 is 0 Å². The van der Waals surface area contributed by atoms with E-state index in [1.807, 2.05) is 37.3 Å². The average molecular weight is 279 g/mol. The molecule has 0 aliphatic carbocycles. The molecule has 1 aromatic carbocycles. The summed E-state index contributed by atoms with van der Waals surface area (Å²) in [6, 6.07) is 11.4. The fourth-order valence-corrected chi connectivity index (χ4v) is 2.13. The summed E-state index contributed by atoms with van der Waals surface area (Å²) in [7, 11) is 0. The number of aromatic nitrogens is 1. The van der Waals surface area contributed by atoms with Crippen LogP contribution in [0.3, 0.4) is 0 Å². The maximum Gasteiger partial charge on any atom is 0.141 e. The predicted molar refractivity (Wildman–Crippen MR) is 75.5 cm³/mol. The van der Waals surface area contributed by atoms with Crippen LogP contribution in [-0.2, 0) is 12.1 Å². The molecule has 2 aromatic rings. The van der Waals surface area contributed by atoms with Gasteiger partial charge in [0.25, 0.3) is 0 Å². The van der Waals surface area contributed by atoms with Gasteiger partial charge in [-0.05, 0) is 24.1 Å². The van der Waals surface area contributed by atoms with E-state index in [1.54, 1.807) is 6.20 Å². The number of halogens is 2. The third kappa shape index (κ3) is 3.52. The highest BCUT2D eigenvalue weighted by Crippen LogP contribution is 2.22. The van der Waals surface area contributed by atoms with Crippen LogP contribution in [0.1, 0.15) is 18.1 Å². The molecule has 2 rings (SSSR count). The van der Waals surface area contributed by atoms with Gasteiger partial charge in [-0.2, -0.15) is 0 Å². The lowest BCUT2D eigenvalue weighted by Crippen LogP contribution is -2.40. The van der Waals surface area contributed by atoms with Crippen molar-refractivity contribution in [2.24, 2.45) is 0 Å². The van der Waals surface area contributed by atoms with Crippen LogP contribution in [0.4, 0.5) is 4.39 Å². The molecule has 0 spiro atoms. The first kappa shape index (κ1) is 14.0. The van der Waals surface area contributed by atoms with Gasteiger partial charge < -0.3 is 5.32 Å². The molecule has 2 nitrogen and oxygen atoms in total. The van der Waals surface area contributed by atoms with Gasteiger partial charge in [0.15, 0.2) is 0 Å². The van der Waals surface area contributed by atoms with E-state index in [2.05, 4.69) is 10.3 Å². The molecular formula is C15H16ClFN2. The zero-order valence-corrected chi connectivity index (χ0v) is 11.5. The minimum absolute atomic E-state index is 0.327. The van der Waals surface area contributed by atoms with E-state index < -0.39 is 0 Å². The van der Waals surface area contributed by atoms with Crippen LogP contribution >= 0.6 is 11.6 Å². The van der Waals surface area contributed by atoms with E-state index in [1.165, 1.54) is 12.3 Å². The van der Waals surface area contributed by atoms with Crippen molar-refractivity contribution in [1.29, 1.82) is 0 Å². The number of alkyl halides is 1. The molecule has 1 aromatic heterocycles. The highest BCUT2D eigenvalue weighted by atomic mass is 35.5. The van der Waals surface area contributed by atoms with E-state index in [4.69, 9.17) is 11.6 Å². The fourth-order valence-electron chi connectivity index (χ4n) is 1.88. The Labute approximate surface area is 117 Å². The van der Waals surface area contributed by atoms with Crippen LogP contribution in [0.15, 0.2) is 48.8 Å². The maximum absolute atomic E-state index is 13.1. The van der Waals surface area contributed by atoms with E-state index in [-0.39, 0.29) is 11.4 Å². The first-order valence-electron chi connectivity index (χ1n) is 6.10. The van der Waals surface area contributed by atoms with E-state index in [0.29, 0.717) is 12.4 Å². The average Bonchev–Trinajstić information content (AvgIpc) is 2.46. The van der Waals surface area contributed by atoms with E-state index in [0.717, 1.165) is 11.1 Å². The summed E-state index contributed by atoms with van der Waals surface area (Å²) < 4.78 is 13.1. The van der Waals surface area contributed by atoms with Crippen molar-refractivity contribution >= 4 is 11.6 Å². The molecule has 0 aliphatic heterocycles. The third-order valence-corrected chi connectivity index (χ3v) is 3.66. The fraction of sp³-hybridized carbons (Fsp3) is 0.267. The predicted octanol–water partition coefficient (Wildman–Crippen LogP) is 3.46. The highest BCUT2D eigenvalue weighted by Gasteiger charge is 2.24. The molecule has 0 amide bonds. The first-order valence-corrected chi connectivity index (χ1v) is 6.63. The second-order valence-electron chi connectivity index (χ2n) is 4.70. The summed E-state index contributed by atoms with van der Waals surface area (Å²) in [4.78, 5) is 3.84. The molecule has 0 radical (unpaired) electrons. The monoisotopic (exact) mass is 278 g/mol. The number of benzene rings is 1. The summed E-state index contributed by atoms with van der Waals surface area (Å²) in [5.41, 5.74) is 1.55. The maximum atomic E-state index is 13.1. The summed E-state index contributed by atoms with van der Waals surface area (Å²) in [6.45, 7) is 2.55. The molecule has 19 heavy (non-hydrogen) atoms. The summed E-state index contributed by atoms with van der Waals surface area (Å²) in [5, 5.41) is 3.37. The number of hydrogen-bond acceptors (Lipinski definition) is 2. The van der Waals surface area contributed by atoms with Gasteiger partial charge in [-0.1, -0.05) is 30.3 Å². The lowest BCUT2D eigenvalue weighted by atomic mass is 9.94. The van der Waals surface area contributed by atoms with E-state index >= 15 is 0 Å². The number of pyridine rings is 1. The van der Waals surface area contributed by atoms with Crippen LogP contribution in [0.5, 0.6) is 0 Å². The van der Waals surface area contributed by atoms with Crippen LogP contribution in [0, 0.1) is 5.82 Å². The van der Waals surface area contributed by atoms with Crippen LogP contribution in [-0.4, -0.2) is 10.9 Å². The highest BCUT2D eigenvalue weighted by molar-refractivity contribution is 6.18. The Morgan fingerprint density at radius 2 is 2.00 bits per heavy atom. The van der Waals surface area contributed by atoms with Crippen molar-refractivity contribution in [3.63, 3.8) is 0 Å². The number of rotatable bonds is 5. The van der Waals surface area contributed by atoms with Gasteiger partial charge in [-0.25, -0.2) is 4.39 Å². The summed E-state index contributed by atoms with van der Waals surface area (Å²) >= 11 is 6.09. The number of nitrogens with zero attached hydrogens (tertiary/aromatic N) is 1. The van der Waals surface area contributed by atoms with Crippen molar-refractivity contribution in [2.45, 2.75) is 19.0 Å². The quantitative estimate of drug-likeness (QED) is 0.847. The zero-order chi connectivity index (χ0) is 13.7. The summed E-state index contributed by atoms with van der Waals surface area (Å²) in [5.74, 6) is 0.103. The molecule has 0 saturated heterocycles. The Hall–Kier alpha value is -1.45. The lowest BCUT2D eigenvalue weighted by molar-refractivity contribution is 0.406. The lowest BCUT2D eigenvalue weighted by Gasteiger charge is -2.29. The van der Waals surface area contributed by atoms with Gasteiger partial charge in [0.05, 0.1) is 11.7 Å². The third-order valence-electron chi connectivity index (χ3n) is 3.12. The van der Waals surface area contributed by atoms with Crippen LogP contribution in [0.25, 0.3) is 0 Å². The SMILES string of the molecule is CC(CCl)(NCc1cncc(F)c1)c1ccccc1. The topological polar surface area (TPSA) is 24.9 Å². The second kappa shape index (κ2) is 6.13. The van der Waals surface area contributed by atoms with Gasteiger partial charge in [-0.3, -0.25) is 4.98 Å². The van der Waals surface area contributed by atoms with Crippen LogP contribution < -0.4 is 5.32 Å². The Morgan fingerprint density at radius 1 is 1.26 bits per heavy atom. The Bertz CT molecular complexity index is 533. The molecule has 0 saturated carbocycles. The minimum atomic E-state index is -0.352. The summed E-state index contributed by atoms with van der Waals surface area (Å²) in [6.07, 6.45) is 2.84. The van der Waals surface area contributed by atoms with Gasteiger partial charge in [0.2, 0.25) is 0 Å². The molecule has 4 heteroatoms. The molecule has 0 bridgehead atoms. The van der Waals surface area contributed by atoms with Crippen molar-refractivity contribution < 1.29 is 4.39 Å². The van der Waals surface area contributed by atoms with Crippen molar-refractivity contribution in [2.75, 3.05) is 5.88 Å². The Balaban J connectivity index is 2.11. The molecule has 100 valence electrons.